The van der Waals surface area contributed by atoms with Crippen molar-refractivity contribution in [1.29, 1.82) is 0 Å². The van der Waals surface area contributed by atoms with Crippen molar-refractivity contribution in [2.24, 2.45) is 22.9 Å². The molecule has 0 aliphatic carbocycles. The molecule has 0 spiro atoms. The van der Waals surface area contributed by atoms with Crippen molar-refractivity contribution in [2.45, 2.75) is 140 Å². The van der Waals surface area contributed by atoms with E-state index in [1.165, 1.54) is 0 Å². The zero-order valence-corrected chi connectivity index (χ0v) is 24.5. The molecule has 38 heavy (non-hydrogen) atoms. The van der Waals surface area contributed by atoms with Crippen molar-refractivity contribution in [1.82, 2.24) is 10.6 Å². The molecule has 3 unspecified atom stereocenters. The van der Waals surface area contributed by atoms with E-state index >= 15 is 0 Å². The van der Waals surface area contributed by atoms with Crippen LogP contribution in [0.1, 0.15) is 111 Å². The lowest BCUT2D eigenvalue weighted by Gasteiger charge is -2.34. The van der Waals surface area contributed by atoms with Gasteiger partial charge in [0.15, 0.2) is 11.6 Å². The fourth-order valence-electron chi connectivity index (χ4n) is 5.11. The smallest absolute Gasteiger partial charge is 0.320 e. The second kappa shape index (κ2) is 19.6. The molecule has 11 N–H and O–H groups in total. The van der Waals surface area contributed by atoms with Gasteiger partial charge in [0.25, 0.3) is 0 Å². The van der Waals surface area contributed by atoms with E-state index < -0.39 is 35.2 Å². The van der Waals surface area contributed by atoms with Crippen LogP contribution in [0.4, 0.5) is 0 Å². The molecule has 0 saturated carbocycles. The molecular formula is C28H58N6O4. The number of rotatable bonds is 25. The number of carboxylic acids is 1. The highest BCUT2D eigenvalue weighted by molar-refractivity contribution is 5.93. The van der Waals surface area contributed by atoms with E-state index in [0.717, 1.165) is 32.1 Å². The molecule has 0 saturated heterocycles. The first-order valence-electron chi connectivity index (χ1n) is 14.8. The van der Waals surface area contributed by atoms with Crippen molar-refractivity contribution in [3.05, 3.63) is 0 Å². The molecular weight excluding hydrogens is 484 g/mol. The molecule has 0 aliphatic heterocycles. The molecule has 224 valence electrons. The van der Waals surface area contributed by atoms with Crippen LogP contribution < -0.4 is 33.6 Å². The quantitative estimate of drug-likeness (QED) is 0.0836. The average molecular weight is 543 g/mol. The molecule has 0 bridgehead atoms. The number of carbonyl (C=O) groups is 3. The average Bonchev–Trinajstić information content (AvgIpc) is 2.92. The van der Waals surface area contributed by atoms with Gasteiger partial charge in [0.1, 0.15) is 6.04 Å². The standard InChI is InChI=1S/C28H58N6O4/c1-5-27(6-2,24(35)21(30)15-9-12-18-29)33-19-13-10-16-22(31)25(36)28(7-3,8-4)34-20-14-11-17-23(32)26(37)38/h21-23,33-34H,5-20,29-32H2,1-4H3,(H,37,38). The molecule has 0 rings (SSSR count). The first-order valence-corrected chi connectivity index (χ1v) is 14.8. The molecule has 0 fully saturated rings. The Hall–Kier alpha value is -1.43. The third-order valence-electron chi connectivity index (χ3n) is 8.13. The number of hydrogen-bond donors (Lipinski definition) is 7. The first kappa shape index (κ1) is 36.6. The summed E-state index contributed by atoms with van der Waals surface area (Å²) in [6, 6.07) is -1.90. The van der Waals surface area contributed by atoms with Gasteiger partial charge >= 0.3 is 5.97 Å². The predicted molar refractivity (Wildman–Crippen MR) is 155 cm³/mol. The number of aliphatic carboxylic acids is 1. The van der Waals surface area contributed by atoms with Gasteiger partial charge in [0, 0.05) is 0 Å². The molecule has 0 aromatic carbocycles. The Morgan fingerprint density at radius 1 is 0.632 bits per heavy atom. The summed E-state index contributed by atoms with van der Waals surface area (Å²) in [7, 11) is 0. The number of carboxylic acid groups (broad SMARTS) is 1. The minimum atomic E-state index is -0.991. The number of ketones is 2. The van der Waals surface area contributed by atoms with Crippen molar-refractivity contribution in [2.75, 3.05) is 19.6 Å². The third kappa shape index (κ3) is 11.8. The van der Waals surface area contributed by atoms with E-state index in [0.29, 0.717) is 71.0 Å². The molecule has 0 aromatic rings. The van der Waals surface area contributed by atoms with E-state index in [-0.39, 0.29) is 11.6 Å². The van der Waals surface area contributed by atoms with Crippen LogP contribution in [-0.4, -0.2) is 71.5 Å². The molecule has 10 heteroatoms. The van der Waals surface area contributed by atoms with Crippen LogP contribution in [-0.2, 0) is 14.4 Å². The predicted octanol–water partition coefficient (Wildman–Crippen LogP) is 1.96. The number of nitrogens with one attached hydrogen (secondary N) is 2. The van der Waals surface area contributed by atoms with Gasteiger partial charge in [0.05, 0.1) is 23.2 Å². The number of hydrogen-bond acceptors (Lipinski definition) is 9. The van der Waals surface area contributed by atoms with Gasteiger partial charge in [-0.2, -0.15) is 0 Å². The fraction of sp³-hybridized carbons (Fsp3) is 0.893. The molecule has 0 heterocycles. The monoisotopic (exact) mass is 542 g/mol. The number of unbranched alkanes of at least 4 members (excludes halogenated alkanes) is 3. The topological polar surface area (TPSA) is 200 Å². The van der Waals surface area contributed by atoms with Gasteiger partial charge in [-0.15, -0.1) is 0 Å². The minimum Gasteiger partial charge on any atom is -0.480 e. The van der Waals surface area contributed by atoms with E-state index in [4.69, 9.17) is 28.0 Å². The van der Waals surface area contributed by atoms with E-state index in [1.807, 2.05) is 27.7 Å². The van der Waals surface area contributed by atoms with Gasteiger partial charge in [-0.3, -0.25) is 14.4 Å². The Labute approximate surface area is 230 Å². The van der Waals surface area contributed by atoms with Crippen LogP contribution in [0.5, 0.6) is 0 Å². The molecule has 0 aromatic heterocycles. The summed E-state index contributed by atoms with van der Waals surface area (Å²) >= 11 is 0. The lowest BCUT2D eigenvalue weighted by atomic mass is 9.82. The van der Waals surface area contributed by atoms with Crippen LogP contribution in [0.15, 0.2) is 0 Å². The van der Waals surface area contributed by atoms with E-state index in [2.05, 4.69) is 10.6 Å². The highest BCUT2D eigenvalue weighted by Gasteiger charge is 2.38. The van der Waals surface area contributed by atoms with Gasteiger partial charge < -0.3 is 38.7 Å². The Morgan fingerprint density at radius 3 is 1.29 bits per heavy atom. The highest BCUT2D eigenvalue weighted by Crippen LogP contribution is 2.22. The zero-order chi connectivity index (χ0) is 29.2. The minimum absolute atomic E-state index is 0.0211. The van der Waals surface area contributed by atoms with Crippen molar-refractivity contribution in [3.63, 3.8) is 0 Å². The number of carbonyl (C=O) groups excluding carboxylic acids is 2. The van der Waals surface area contributed by atoms with Gasteiger partial charge in [-0.25, -0.2) is 0 Å². The van der Waals surface area contributed by atoms with Crippen molar-refractivity contribution >= 4 is 17.5 Å². The van der Waals surface area contributed by atoms with Crippen molar-refractivity contribution < 1.29 is 19.5 Å². The lowest BCUT2D eigenvalue weighted by molar-refractivity contribution is -0.138. The SMILES string of the molecule is CCC(CC)(NCCCCC(N)C(=O)C(CC)(CC)NCCCCC(N)C(=O)O)C(=O)C(N)CCCCN. The van der Waals surface area contributed by atoms with Crippen LogP contribution in [0, 0.1) is 0 Å². The summed E-state index contributed by atoms with van der Waals surface area (Å²) in [6.45, 7) is 9.86. The molecule has 3 atom stereocenters. The van der Waals surface area contributed by atoms with Crippen LogP contribution in [0.2, 0.25) is 0 Å². The Bertz CT molecular complexity index is 682. The normalized spacial score (nSPS) is 14.7. The van der Waals surface area contributed by atoms with Gasteiger partial charge in [-0.1, -0.05) is 47.0 Å². The summed E-state index contributed by atoms with van der Waals surface area (Å²) in [5.74, 6) is -0.903. The molecule has 0 amide bonds. The van der Waals surface area contributed by atoms with Crippen LogP contribution in [0.3, 0.4) is 0 Å². The second-order valence-electron chi connectivity index (χ2n) is 10.6. The summed E-state index contributed by atoms with van der Waals surface area (Å²) in [5, 5.41) is 15.8. The lowest BCUT2D eigenvalue weighted by Crippen LogP contribution is -2.57. The Kier molecular flexibility index (Phi) is 18.9. The number of Topliss-reactive ketones (excluding diaryl/α,β-unsaturated/α-hetero) is 2. The second-order valence-corrected chi connectivity index (χ2v) is 10.6. The van der Waals surface area contributed by atoms with Crippen molar-refractivity contribution in [3.8, 4) is 0 Å². The van der Waals surface area contributed by atoms with E-state index in [9.17, 15) is 14.4 Å². The summed E-state index contributed by atoms with van der Waals surface area (Å²) < 4.78 is 0. The van der Waals surface area contributed by atoms with Gasteiger partial charge in [-0.05, 0) is 83.8 Å². The Morgan fingerprint density at radius 2 is 0.974 bits per heavy atom. The maximum atomic E-state index is 13.3. The zero-order valence-electron chi connectivity index (χ0n) is 24.5. The van der Waals surface area contributed by atoms with Gasteiger partial charge in [0.2, 0.25) is 0 Å². The maximum absolute atomic E-state index is 13.3. The third-order valence-corrected chi connectivity index (χ3v) is 8.13. The largest absolute Gasteiger partial charge is 0.480 e. The molecule has 0 aliphatic rings. The highest BCUT2D eigenvalue weighted by atomic mass is 16.4. The summed E-state index contributed by atoms with van der Waals surface area (Å²) in [6.07, 6.45) is 8.97. The first-order chi connectivity index (χ1) is 18.0. The van der Waals surface area contributed by atoms with E-state index in [1.54, 1.807) is 0 Å². The fourth-order valence-corrected chi connectivity index (χ4v) is 5.11. The number of nitrogens with two attached hydrogens (primary N) is 4. The summed E-state index contributed by atoms with van der Waals surface area (Å²) in [4.78, 5) is 37.3. The van der Waals surface area contributed by atoms with Crippen LogP contribution in [0.25, 0.3) is 0 Å². The van der Waals surface area contributed by atoms with Crippen LogP contribution >= 0.6 is 0 Å². The molecule has 0 radical (unpaired) electrons. The Balaban J connectivity index is 4.73. The maximum Gasteiger partial charge on any atom is 0.320 e. The summed E-state index contributed by atoms with van der Waals surface area (Å²) in [5.41, 5.74) is 22.4. The molecule has 10 nitrogen and oxygen atoms in total.